The van der Waals surface area contributed by atoms with Crippen LogP contribution in [0.4, 0.5) is 8.78 Å². The number of nitrogens with zero attached hydrogens (tertiary/aromatic N) is 1. The molecule has 7 nitrogen and oxygen atoms in total. The van der Waals surface area contributed by atoms with E-state index in [1.165, 1.54) is 17.0 Å². The number of aliphatic hydroxyl groups is 1. The molecule has 2 saturated heterocycles. The molecule has 0 aromatic heterocycles. The van der Waals surface area contributed by atoms with Crippen molar-refractivity contribution in [3.8, 4) is 5.75 Å². The van der Waals surface area contributed by atoms with Crippen LogP contribution in [0, 0.1) is 0 Å². The topological polar surface area (TPSA) is 105 Å². The molecule has 2 heterocycles. The summed E-state index contributed by atoms with van der Waals surface area (Å²) in [5.41, 5.74) is 6.03. The minimum atomic E-state index is -3.79. The second-order valence-electron chi connectivity index (χ2n) is 13.3. The van der Waals surface area contributed by atoms with Crippen molar-refractivity contribution in [2.75, 3.05) is 0 Å². The summed E-state index contributed by atoms with van der Waals surface area (Å²) < 4.78 is 40.1. The van der Waals surface area contributed by atoms with Crippen molar-refractivity contribution in [2.24, 2.45) is 5.73 Å². The molecular weight excluding hydrogens is 668 g/mol. The van der Waals surface area contributed by atoms with Gasteiger partial charge in [-0.05, 0) is 115 Å². The molecule has 246 valence electrons. The Balaban J connectivity index is 1.17. The van der Waals surface area contributed by atoms with Gasteiger partial charge < -0.3 is 25.8 Å². The summed E-state index contributed by atoms with van der Waals surface area (Å²) in [5, 5.41) is 16.4. The van der Waals surface area contributed by atoms with E-state index >= 15 is 8.78 Å². The first-order valence-electron chi connectivity index (χ1n) is 16.4. The van der Waals surface area contributed by atoms with Crippen LogP contribution in [0.3, 0.4) is 0 Å². The van der Waals surface area contributed by atoms with Gasteiger partial charge in [0.1, 0.15) is 5.75 Å². The molecule has 0 spiro atoms. The number of nitrogens with two attached hydrogens (primary N) is 1. The number of aliphatic hydroxyl groups excluding tert-OH is 1. The number of fused-ring (bicyclic) bond motifs is 4. The number of benzene rings is 4. The van der Waals surface area contributed by atoms with Crippen molar-refractivity contribution >= 4 is 49.3 Å². The van der Waals surface area contributed by atoms with E-state index in [0.717, 1.165) is 52.1 Å². The Kier molecular flexibility index (Phi) is 8.70. The van der Waals surface area contributed by atoms with Crippen LogP contribution >= 0.6 is 15.9 Å². The van der Waals surface area contributed by atoms with Crippen LogP contribution < -0.4 is 15.8 Å². The van der Waals surface area contributed by atoms with E-state index < -0.39 is 35.4 Å². The number of nitrogens with one attached hydrogen (secondary N) is 1. The van der Waals surface area contributed by atoms with E-state index in [0.29, 0.717) is 31.1 Å². The van der Waals surface area contributed by atoms with Gasteiger partial charge in [-0.2, -0.15) is 8.78 Å². The highest BCUT2D eigenvalue weighted by molar-refractivity contribution is 9.10. The standard InChI is InChI=1S/C37H38BrF2N3O4/c38-27-11-8-22-16-26(10-7-23(22)17-27)37(39,40)34(36(46)43-29-12-13-30(43)20-28(41)19-29)42-35(45)33(44)25-6-5-24-18-32(14-9-21(24)15-25)47-31-3-1-2-4-31/h5-11,14-18,28-31,33-34,44H,1-4,12-13,19-20,41H2,(H,42,45)/t28?,29?,30?,33-,34-/m1/s1. The van der Waals surface area contributed by atoms with Gasteiger partial charge >= 0.3 is 5.92 Å². The molecule has 2 aliphatic heterocycles. The molecule has 47 heavy (non-hydrogen) atoms. The number of carbonyl (C=O) groups excluding carboxylic acids is 2. The number of hydrogen-bond donors (Lipinski definition) is 3. The molecule has 3 aliphatic rings. The van der Waals surface area contributed by atoms with Gasteiger partial charge in [-0.1, -0.05) is 52.3 Å². The zero-order chi connectivity index (χ0) is 32.9. The maximum absolute atomic E-state index is 16.6. The summed E-state index contributed by atoms with van der Waals surface area (Å²) in [5.74, 6) is -4.97. The maximum Gasteiger partial charge on any atom is 0.302 e. The highest BCUT2D eigenvalue weighted by Gasteiger charge is 2.53. The Labute approximate surface area is 280 Å². The zero-order valence-electron chi connectivity index (χ0n) is 25.9. The van der Waals surface area contributed by atoms with E-state index in [1.54, 1.807) is 36.4 Å². The fourth-order valence-electron chi connectivity index (χ4n) is 7.68. The molecular formula is C37H38BrF2N3O4. The molecule has 4 aromatic carbocycles. The Morgan fingerprint density at radius 3 is 2.23 bits per heavy atom. The third-order valence-corrected chi connectivity index (χ3v) is 10.6. The fraction of sp³-hybridized carbons (Fsp3) is 0.405. The molecule has 4 atom stereocenters. The minimum absolute atomic E-state index is 0.106. The third kappa shape index (κ3) is 6.35. The molecule has 2 amide bonds. The van der Waals surface area contributed by atoms with E-state index in [1.807, 2.05) is 24.3 Å². The lowest BCUT2D eigenvalue weighted by molar-refractivity contribution is -0.155. The number of hydrogen-bond acceptors (Lipinski definition) is 5. The van der Waals surface area contributed by atoms with Crippen LogP contribution in [0.1, 0.15) is 68.6 Å². The smallest absolute Gasteiger partial charge is 0.302 e. The highest BCUT2D eigenvalue weighted by Crippen LogP contribution is 2.40. The van der Waals surface area contributed by atoms with Gasteiger partial charge in [-0.3, -0.25) is 9.59 Å². The SMILES string of the molecule is NC1CC2CCC(C1)N2C(=O)[C@@H](NC(=O)[C@H](O)c1ccc2cc(OC3CCCC3)ccc2c1)C(F)(F)c1ccc2cc(Br)ccc2c1. The summed E-state index contributed by atoms with van der Waals surface area (Å²) in [6.07, 6.45) is 5.21. The number of halogens is 3. The molecule has 7 rings (SSSR count). The molecule has 10 heteroatoms. The summed E-state index contributed by atoms with van der Waals surface area (Å²) in [6.45, 7) is 0. The molecule has 3 fully saturated rings. The van der Waals surface area contributed by atoms with Crippen LogP contribution in [0.25, 0.3) is 21.5 Å². The number of carbonyl (C=O) groups is 2. The summed E-state index contributed by atoms with van der Waals surface area (Å²) in [4.78, 5) is 29.2. The van der Waals surface area contributed by atoms with Crippen LogP contribution in [0.5, 0.6) is 5.75 Å². The van der Waals surface area contributed by atoms with Crippen molar-refractivity contribution in [1.82, 2.24) is 10.2 Å². The Morgan fingerprint density at radius 2 is 1.49 bits per heavy atom. The molecule has 2 unspecified atom stereocenters. The average molecular weight is 707 g/mol. The summed E-state index contributed by atoms with van der Waals surface area (Å²) >= 11 is 3.41. The number of piperidine rings is 1. The second kappa shape index (κ2) is 12.8. The number of ether oxygens (including phenoxy) is 1. The van der Waals surface area contributed by atoms with Gasteiger partial charge in [0, 0.05) is 28.2 Å². The zero-order valence-corrected chi connectivity index (χ0v) is 27.5. The van der Waals surface area contributed by atoms with Crippen LogP contribution in [-0.4, -0.2) is 52.1 Å². The quantitative estimate of drug-likeness (QED) is 0.186. The lowest BCUT2D eigenvalue weighted by atomic mass is 9.93. The second-order valence-corrected chi connectivity index (χ2v) is 14.2. The minimum Gasteiger partial charge on any atom is -0.490 e. The van der Waals surface area contributed by atoms with Crippen molar-refractivity contribution in [3.05, 3.63) is 88.4 Å². The molecule has 4 N–H and O–H groups in total. The van der Waals surface area contributed by atoms with E-state index in [-0.39, 0.29) is 29.8 Å². The van der Waals surface area contributed by atoms with Gasteiger partial charge in [0.15, 0.2) is 12.1 Å². The van der Waals surface area contributed by atoms with Gasteiger partial charge in [0.2, 0.25) is 0 Å². The lowest BCUT2D eigenvalue weighted by Crippen LogP contribution is -2.61. The van der Waals surface area contributed by atoms with Crippen LogP contribution in [0.15, 0.2) is 77.3 Å². The van der Waals surface area contributed by atoms with E-state index in [4.69, 9.17) is 10.5 Å². The lowest BCUT2D eigenvalue weighted by Gasteiger charge is -2.41. The van der Waals surface area contributed by atoms with Gasteiger partial charge in [-0.25, -0.2) is 0 Å². The van der Waals surface area contributed by atoms with Crippen LogP contribution in [0.2, 0.25) is 0 Å². The summed E-state index contributed by atoms with van der Waals surface area (Å²) in [7, 11) is 0. The van der Waals surface area contributed by atoms with E-state index in [9.17, 15) is 14.7 Å². The predicted octanol–water partition coefficient (Wildman–Crippen LogP) is 6.87. The van der Waals surface area contributed by atoms with Crippen molar-refractivity contribution < 1.29 is 28.2 Å². The van der Waals surface area contributed by atoms with Crippen molar-refractivity contribution in [3.63, 3.8) is 0 Å². The highest BCUT2D eigenvalue weighted by atomic mass is 79.9. The first-order chi connectivity index (χ1) is 22.6. The largest absolute Gasteiger partial charge is 0.490 e. The van der Waals surface area contributed by atoms with Gasteiger partial charge in [-0.15, -0.1) is 0 Å². The predicted molar refractivity (Wildman–Crippen MR) is 180 cm³/mol. The average Bonchev–Trinajstić information content (AvgIpc) is 3.67. The van der Waals surface area contributed by atoms with Gasteiger partial charge in [0.25, 0.3) is 11.8 Å². The molecule has 2 bridgehead atoms. The Morgan fingerprint density at radius 1 is 0.872 bits per heavy atom. The van der Waals surface area contributed by atoms with E-state index in [2.05, 4.69) is 21.2 Å². The van der Waals surface area contributed by atoms with Gasteiger partial charge in [0.05, 0.1) is 6.10 Å². The number of rotatable bonds is 8. The molecule has 1 saturated carbocycles. The Hall–Kier alpha value is -3.60. The molecule has 0 radical (unpaired) electrons. The van der Waals surface area contributed by atoms with Crippen LogP contribution in [-0.2, 0) is 15.5 Å². The van der Waals surface area contributed by atoms with Crippen molar-refractivity contribution in [2.45, 2.75) is 93.7 Å². The normalized spacial score (nSPS) is 22.8. The number of amides is 2. The van der Waals surface area contributed by atoms with Crippen molar-refractivity contribution in [1.29, 1.82) is 0 Å². The number of alkyl halides is 2. The molecule has 4 aromatic rings. The Bertz CT molecular complexity index is 1820. The first kappa shape index (κ1) is 32.0. The first-order valence-corrected chi connectivity index (χ1v) is 17.2. The molecule has 1 aliphatic carbocycles. The summed E-state index contributed by atoms with van der Waals surface area (Å²) in [6, 6.07) is 17.3. The monoisotopic (exact) mass is 705 g/mol. The fourth-order valence-corrected chi connectivity index (χ4v) is 8.06. The maximum atomic E-state index is 16.6. The third-order valence-electron chi connectivity index (χ3n) is 10.1.